The Hall–Kier alpha value is -2.28. The highest BCUT2D eigenvalue weighted by molar-refractivity contribution is 7.15. The second kappa shape index (κ2) is 5.13. The fourth-order valence-electron chi connectivity index (χ4n) is 3.05. The van der Waals surface area contributed by atoms with E-state index >= 15 is 0 Å². The molecule has 0 aliphatic heterocycles. The number of hydrogen-bond donors (Lipinski definition) is 1. The van der Waals surface area contributed by atoms with Gasteiger partial charge in [0.05, 0.1) is 22.3 Å². The van der Waals surface area contributed by atoms with Gasteiger partial charge in [0, 0.05) is 10.6 Å². The van der Waals surface area contributed by atoms with Crippen LogP contribution in [-0.2, 0) is 12.8 Å². The van der Waals surface area contributed by atoms with E-state index < -0.39 is 0 Å². The van der Waals surface area contributed by atoms with Gasteiger partial charge in [0.15, 0.2) is 5.13 Å². The topological polar surface area (TPSA) is 80.9 Å². The van der Waals surface area contributed by atoms with E-state index in [2.05, 4.69) is 20.4 Å². The van der Waals surface area contributed by atoms with Crippen molar-refractivity contribution in [3.63, 3.8) is 0 Å². The number of anilines is 1. The van der Waals surface area contributed by atoms with Crippen molar-refractivity contribution in [2.24, 2.45) is 0 Å². The van der Waals surface area contributed by atoms with Gasteiger partial charge in [-0.25, -0.2) is 9.97 Å². The molecule has 23 heavy (non-hydrogen) atoms. The van der Waals surface area contributed by atoms with Gasteiger partial charge in [0.1, 0.15) is 0 Å². The predicted octanol–water partition coefficient (Wildman–Crippen LogP) is 3.35. The van der Waals surface area contributed by atoms with Crippen LogP contribution in [0.2, 0.25) is 0 Å². The number of carbonyl (C=O) groups is 1. The van der Waals surface area contributed by atoms with Gasteiger partial charge in [-0.05, 0) is 45.6 Å². The average molecular weight is 328 g/mol. The van der Waals surface area contributed by atoms with Gasteiger partial charge < -0.3 is 4.52 Å². The van der Waals surface area contributed by atoms with E-state index in [-0.39, 0.29) is 5.91 Å². The summed E-state index contributed by atoms with van der Waals surface area (Å²) in [6, 6.07) is 0. The van der Waals surface area contributed by atoms with Crippen molar-refractivity contribution in [2.45, 2.75) is 40.0 Å². The van der Waals surface area contributed by atoms with E-state index in [1.807, 2.05) is 20.8 Å². The summed E-state index contributed by atoms with van der Waals surface area (Å²) in [6.07, 6.45) is 2.75. The lowest BCUT2D eigenvalue weighted by atomic mass is 10.0. The van der Waals surface area contributed by atoms with E-state index in [0.29, 0.717) is 27.5 Å². The second-order valence-corrected chi connectivity index (χ2v) is 7.03. The molecule has 118 valence electrons. The number of hydrogen-bond acceptors (Lipinski definition) is 6. The Morgan fingerprint density at radius 1 is 1.17 bits per heavy atom. The van der Waals surface area contributed by atoms with Gasteiger partial charge in [0.25, 0.3) is 11.6 Å². The number of fused-ring (bicyclic) bond motifs is 2. The molecule has 4 rings (SSSR count). The summed E-state index contributed by atoms with van der Waals surface area (Å²) in [6.45, 7) is 5.77. The Morgan fingerprint density at radius 2 is 2.00 bits per heavy atom. The van der Waals surface area contributed by atoms with Crippen molar-refractivity contribution in [3.8, 4) is 0 Å². The Labute approximate surface area is 136 Å². The molecular weight excluding hydrogens is 312 g/mol. The molecule has 0 fully saturated rings. The number of carbonyl (C=O) groups excluding carboxylic acids is 1. The second-order valence-electron chi connectivity index (χ2n) is 5.83. The minimum absolute atomic E-state index is 0.157. The van der Waals surface area contributed by atoms with Crippen LogP contribution in [0.15, 0.2) is 4.52 Å². The first-order valence-electron chi connectivity index (χ1n) is 7.57. The standard InChI is InChI=1S/C16H16N4O2S/c1-7-9(3)23-16(17-7)19-14(21)13-10-5-4-6-11(10)18-15-12(13)8(2)20-22-15/h4-6H2,1-3H3,(H,17,19,21). The number of nitrogens with zero attached hydrogens (tertiary/aromatic N) is 3. The largest absolute Gasteiger partial charge is 0.336 e. The Kier molecular flexibility index (Phi) is 3.19. The lowest BCUT2D eigenvalue weighted by Crippen LogP contribution is -2.15. The van der Waals surface area contributed by atoms with Gasteiger partial charge in [-0.1, -0.05) is 5.16 Å². The molecule has 3 aromatic rings. The van der Waals surface area contributed by atoms with Crippen molar-refractivity contribution < 1.29 is 9.32 Å². The molecule has 1 N–H and O–H groups in total. The number of nitrogens with one attached hydrogen (secondary N) is 1. The van der Waals surface area contributed by atoms with Gasteiger partial charge in [0.2, 0.25) is 0 Å². The van der Waals surface area contributed by atoms with E-state index in [9.17, 15) is 4.79 Å². The number of amides is 1. The highest BCUT2D eigenvalue weighted by atomic mass is 32.1. The molecule has 6 nitrogen and oxygen atoms in total. The summed E-state index contributed by atoms with van der Waals surface area (Å²) in [5, 5.41) is 8.24. The molecule has 0 aromatic carbocycles. The van der Waals surface area contributed by atoms with Gasteiger partial charge >= 0.3 is 0 Å². The van der Waals surface area contributed by atoms with Crippen molar-refractivity contribution >= 4 is 33.5 Å². The number of aromatic nitrogens is 3. The van der Waals surface area contributed by atoms with Crippen molar-refractivity contribution in [1.82, 2.24) is 15.1 Å². The van der Waals surface area contributed by atoms with Crippen LogP contribution < -0.4 is 5.32 Å². The fraction of sp³-hybridized carbons (Fsp3) is 0.375. The molecule has 0 bridgehead atoms. The van der Waals surface area contributed by atoms with E-state index in [4.69, 9.17) is 4.52 Å². The van der Waals surface area contributed by atoms with Crippen LogP contribution in [0.5, 0.6) is 0 Å². The Balaban J connectivity index is 1.83. The maximum atomic E-state index is 12.9. The maximum Gasteiger partial charge on any atom is 0.259 e. The highest BCUT2D eigenvalue weighted by Crippen LogP contribution is 2.32. The minimum Gasteiger partial charge on any atom is -0.336 e. The van der Waals surface area contributed by atoms with Crippen LogP contribution in [0, 0.1) is 20.8 Å². The summed E-state index contributed by atoms with van der Waals surface area (Å²) < 4.78 is 5.28. The summed E-state index contributed by atoms with van der Waals surface area (Å²) in [7, 11) is 0. The summed E-state index contributed by atoms with van der Waals surface area (Å²) in [4.78, 5) is 22.9. The minimum atomic E-state index is -0.157. The predicted molar refractivity (Wildman–Crippen MR) is 88.1 cm³/mol. The molecule has 1 aliphatic rings. The van der Waals surface area contributed by atoms with Crippen molar-refractivity contribution in [1.29, 1.82) is 0 Å². The van der Waals surface area contributed by atoms with E-state index in [0.717, 1.165) is 41.1 Å². The summed E-state index contributed by atoms with van der Waals surface area (Å²) >= 11 is 1.48. The Bertz CT molecular complexity index is 922. The highest BCUT2D eigenvalue weighted by Gasteiger charge is 2.27. The molecule has 7 heteroatoms. The van der Waals surface area contributed by atoms with Crippen molar-refractivity contribution in [3.05, 3.63) is 33.1 Å². The SMILES string of the molecule is Cc1nc(NC(=O)c2c3c(nc4onc(C)c24)CCC3)sc1C. The van der Waals surface area contributed by atoms with Gasteiger partial charge in [-0.2, -0.15) is 0 Å². The average Bonchev–Trinajstić information content (AvgIpc) is 3.18. The molecule has 0 atom stereocenters. The zero-order chi connectivity index (χ0) is 16.1. The number of rotatable bonds is 2. The third kappa shape index (κ3) is 2.23. The lowest BCUT2D eigenvalue weighted by molar-refractivity contribution is 0.102. The first-order valence-corrected chi connectivity index (χ1v) is 8.39. The van der Waals surface area contributed by atoms with Crippen LogP contribution in [0.1, 0.15) is 44.3 Å². The van der Waals surface area contributed by atoms with Crippen LogP contribution in [0.4, 0.5) is 5.13 Å². The number of thiazole rings is 1. The smallest absolute Gasteiger partial charge is 0.259 e. The first kappa shape index (κ1) is 14.3. The maximum absolute atomic E-state index is 12.9. The summed E-state index contributed by atoms with van der Waals surface area (Å²) in [5.41, 5.74) is 4.69. The van der Waals surface area contributed by atoms with Crippen LogP contribution in [0.3, 0.4) is 0 Å². The molecule has 3 aromatic heterocycles. The van der Waals surface area contributed by atoms with Crippen LogP contribution >= 0.6 is 11.3 Å². The molecular formula is C16H16N4O2S. The van der Waals surface area contributed by atoms with Gasteiger partial charge in [-0.15, -0.1) is 11.3 Å². The molecule has 0 saturated heterocycles. The lowest BCUT2D eigenvalue weighted by Gasteiger charge is -2.08. The molecule has 0 unspecified atom stereocenters. The monoisotopic (exact) mass is 328 g/mol. The first-order chi connectivity index (χ1) is 11.0. The molecule has 1 amide bonds. The number of aryl methyl sites for hydroxylation is 4. The third-order valence-electron chi connectivity index (χ3n) is 4.30. The van der Waals surface area contributed by atoms with Crippen LogP contribution in [-0.4, -0.2) is 21.0 Å². The zero-order valence-corrected chi connectivity index (χ0v) is 14.0. The zero-order valence-electron chi connectivity index (χ0n) is 13.2. The number of pyridine rings is 1. The quantitative estimate of drug-likeness (QED) is 0.780. The van der Waals surface area contributed by atoms with Gasteiger partial charge in [-0.3, -0.25) is 10.1 Å². The van der Waals surface area contributed by atoms with Crippen molar-refractivity contribution in [2.75, 3.05) is 5.32 Å². The Morgan fingerprint density at radius 3 is 2.74 bits per heavy atom. The molecule has 3 heterocycles. The normalized spacial score (nSPS) is 13.5. The molecule has 0 saturated carbocycles. The molecule has 1 aliphatic carbocycles. The third-order valence-corrected chi connectivity index (χ3v) is 5.29. The molecule has 0 spiro atoms. The summed E-state index contributed by atoms with van der Waals surface area (Å²) in [5.74, 6) is -0.157. The van der Waals surface area contributed by atoms with Crippen LogP contribution in [0.25, 0.3) is 11.1 Å². The molecule has 0 radical (unpaired) electrons. The van der Waals surface area contributed by atoms with E-state index in [1.165, 1.54) is 11.3 Å². The van der Waals surface area contributed by atoms with E-state index in [1.54, 1.807) is 0 Å². The fourth-order valence-corrected chi connectivity index (χ4v) is 3.86.